The minimum atomic E-state index is 0.353. The number of hydrogen-bond acceptors (Lipinski definition) is 5. The predicted molar refractivity (Wildman–Crippen MR) is 102 cm³/mol. The average molecular weight is 356 g/mol. The van der Waals surface area contributed by atoms with Crippen LogP contribution in [0.25, 0.3) is 0 Å². The van der Waals surface area contributed by atoms with Crippen molar-refractivity contribution in [2.45, 2.75) is 44.3 Å². The van der Waals surface area contributed by atoms with E-state index in [-0.39, 0.29) is 0 Å². The minimum absolute atomic E-state index is 0.353. The van der Waals surface area contributed by atoms with Gasteiger partial charge in [-0.25, -0.2) is 0 Å². The molecule has 0 radical (unpaired) electrons. The first-order chi connectivity index (χ1) is 12.1. The lowest BCUT2D eigenvalue weighted by atomic mass is 9.93. The molecule has 2 fully saturated rings. The van der Waals surface area contributed by atoms with Gasteiger partial charge in [0.25, 0.3) is 0 Å². The maximum absolute atomic E-state index is 6.13. The highest BCUT2D eigenvalue weighted by atomic mass is 32.2. The molecule has 1 atom stereocenters. The lowest BCUT2D eigenvalue weighted by Crippen LogP contribution is -2.58. The van der Waals surface area contributed by atoms with Crippen LogP contribution in [0.4, 0.5) is 0 Å². The molecular formula is C20H25N3OS. The topological polar surface area (TPSA) is 38.2 Å². The van der Waals surface area contributed by atoms with E-state index in [1.807, 2.05) is 19.1 Å². The van der Waals surface area contributed by atoms with Gasteiger partial charge in [0.2, 0.25) is 0 Å². The number of likely N-dealkylation sites (tertiary alicyclic amines) is 1. The zero-order chi connectivity index (χ0) is 17.3. The van der Waals surface area contributed by atoms with E-state index in [1.54, 1.807) is 0 Å². The third-order valence-corrected chi connectivity index (χ3v) is 6.52. The lowest BCUT2D eigenvalue weighted by Gasteiger charge is -2.47. The summed E-state index contributed by atoms with van der Waals surface area (Å²) in [4.78, 5) is 11.6. The molecule has 132 valence electrons. The van der Waals surface area contributed by atoms with E-state index in [0.29, 0.717) is 17.5 Å². The Hall–Kier alpha value is -1.43. The molecule has 4 nitrogen and oxygen atoms in total. The van der Waals surface area contributed by atoms with Crippen molar-refractivity contribution in [3.05, 3.63) is 59.2 Å². The van der Waals surface area contributed by atoms with Gasteiger partial charge in [-0.2, -0.15) is 0 Å². The van der Waals surface area contributed by atoms with Crippen LogP contribution in [-0.2, 0) is 17.9 Å². The van der Waals surface area contributed by atoms with Crippen molar-refractivity contribution >= 4 is 11.8 Å². The summed E-state index contributed by atoms with van der Waals surface area (Å²) in [7, 11) is 0. The zero-order valence-electron chi connectivity index (χ0n) is 14.9. The molecule has 0 aromatic carbocycles. The molecule has 4 heterocycles. The number of pyridine rings is 2. The zero-order valence-corrected chi connectivity index (χ0v) is 15.8. The van der Waals surface area contributed by atoms with E-state index < -0.39 is 0 Å². The average Bonchev–Trinajstić information content (AvgIpc) is 2.97. The normalized spacial score (nSPS) is 22.2. The monoisotopic (exact) mass is 355 g/mol. The van der Waals surface area contributed by atoms with Gasteiger partial charge in [-0.3, -0.25) is 14.9 Å². The molecule has 0 unspecified atom stereocenters. The van der Waals surface area contributed by atoms with Crippen molar-refractivity contribution < 1.29 is 4.74 Å². The Bertz CT molecular complexity index is 745. The molecular weight excluding hydrogens is 330 g/mol. The van der Waals surface area contributed by atoms with Crippen LogP contribution in [0, 0.1) is 13.8 Å². The molecule has 0 bridgehead atoms. The molecule has 0 N–H and O–H groups in total. The first-order valence-corrected chi connectivity index (χ1v) is 9.92. The minimum Gasteiger partial charge on any atom is -0.371 e. The van der Waals surface area contributed by atoms with Gasteiger partial charge in [-0.15, -0.1) is 11.8 Å². The van der Waals surface area contributed by atoms with E-state index in [0.717, 1.165) is 48.9 Å². The summed E-state index contributed by atoms with van der Waals surface area (Å²) in [5.41, 5.74) is 4.36. The van der Waals surface area contributed by atoms with E-state index in [1.165, 1.54) is 5.69 Å². The number of rotatable bonds is 5. The standard InChI is InChI=1S/C20H25N3OS/c1-15-5-3-7-17(21-15)10-23-13-20(14-23)9-19(12-25-20)24-11-18-8-4-6-16(2)22-18/h3-8,19H,9-14H2,1-2H3/t19-/m1/s1. The quantitative estimate of drug-likeness (QED) is 0.822. The highest BCUT2D eigenvalue weighted by Gasteiger charge is 2.49. The molecule has 4 rings (SSSR count). The van der Waals surface area contributed by atoms with Crippen LogP contribution in [0.1, 0.15) is 29.2 Å². The van der Waals surface area contributed by atoms with E-state index in [2.05, 4.69) is 57.8 Å². The Balaban J connectivity index is 1.24. The van der Waals surface area contributed by atoms with Crippen molar-refractivity contribution in [1.29, 1.82) is 0 Å². The predicted octanol–water partition coefficient (Wildman–Crippen LogP) is 3.37. The maximum Gasteiger partial charge on any atom is 0.0892 e. The fraction of sp³-hybridized carbons (Fsp3) is 0.500. The van der Waals surface area contributed by atoms with Crippen molar-refractivity contribution in [3.63, 3.8) is 0 Å². The Labute approximate surface area is 154 Å². The number of aromatic nitrogens is 2. The lowest BCUT2D eigenvalue weighted by molar-refractivity contribution is 0.0248. The van der Waals surface area contributed by atoms with E-state index in [4.69, 9.17) is 4.74 Å². The fourth-order valence-corrected chi connectivity index (χ4v) is 5.42. The van der Waals surface area contributed by atoms with Gasteiger partial charge in [-0.1, -0.05) is 12.1 Å². The van der Waals surface area contributed by atoms with Gasteiger partial charge < -0.3 is 4.74 Å². The van der Waals surface area contributed by atoms with Crippen LogP contribution in [0.5, 0.6) is 0 Å². The largest absolute Gasteiger partial charge is 0.371 e. The van der Waals surface area contributed by atoms with Crippen molar-refractivity contribution in [2.75, 3.05) is 18.8 Å². The molecule has 5 heteroatoms. The smallest absolute Gasteiger partial charge is 0.0892 e. The number of nitrogens with zero attached hydrogens (tertiary/aromatic N) is 3. The Morgan fingerprint density at radius 1 is 1.08 bits per heavy atom. The van der Waals surface area contributed by atoms with Gasteiger partial charge >= 0.3 is 0 Å². The first-order valence-electron chi connectivity index (χ1n) is 8.93. The fourth-order valence-electron chi connectivity index (χ4n) is 3.81. The Morgan fingerprint density at radius 2 is 1.76 bits per heavy atom. The van der Waals surface area contributed by atoms with E-state index in [9.17, 15) is 0 Å². The van der Waals surface area contributed by atoms with Crippen molar-refractivity contribution in [1.82, 2.24) is 14.9 Å². The summed E-state index contributed by atoms with van der Waals surface area (Å²) in [6, 6.07) is 12.4. The van der Waals surface area contributed by atoms with Crippen LogP contribution in [0.15, 0.2) is 36.4 Å². The molecule has 0 saturated carbocycles. The third kappa shape index (κ3) is 4.05. The first kappa shape index (κ1) is 17.0. The molecule has 2 aromatic rings. The molecule has 25 heavy (non-hydrogen) atoms. The summed E-state index contributed by atoms with van der Waals surface area (Å²) in [6.45, 7) is 7.96. The van der Waals surface area contributed by atoms with E-state index >= 15 is 0 Å². The Kier molecular flexibility index (Phi) is 4.80. The third-order valence-electron chi connectivity index (χ3n) is 4.94. The van der Waals surface area contributed by atoms with Crippen LogP contribution in [-0.4, -0.2) is 44.6 Å². The SMILES string of the molecule is Cc1cccc(CO[C@H]2CSC3(C2)CN(Cc2cccc(C)n2)C3)n1. The van der Waals surface area contributed by atoms with Crippen LogP contribution in [0.3, 0.4) is 0 Å². The van der Waals surface area contributed by atoms with Gasteiger partial charge in [-0.05, 0) is 44.5 Å². The highest BCUT2D eigenvalue weighted by Crippen LogP contribution is 2.46. The molecule has 0 aliphatic carbocycles. The number of hydrogen-bond donors (Lipinski definition) is 0. The molecule has 2 aliphatic rings. The maximum atomic E-state index is 6.13. The van der Waals surface area contributed by atoms with Crippen molar-refractivity contribution in [3.8, 4) is 0 Å². The van der Waals surface area contributed by atoms with Crippen LogP contribution >= 0.6 is 11.8 Å². The molecule has 1 spiro atoms. The van der Waals surface area contributed by atoms with Crippen LogP contribution in [0.2, 0.25) is 0 Å². The van der Waals surface area contributed by atoms with Gasteiger partial charge in [0.05, 0.1) is 24.1 Å². The van der Waals surface area contributed by atoms with Gasteiger partial charge in [0, 0.05) is 41.5 Å². The molecule has 0 amide bonds. The highest BCUT2D eigenvalue weighted by molar-refractivity contribution is 8.01. The molecule has 2 aliphatic heterocycles. The summed E-state index contributed by atoms with van der Waals surface area (Å²) in [5, 5.41) is 0. The summed E-state index contributed by atoms with van der Waals surface area (Å²) < 4.78 is 6.53. The second-order valence-corrected chi connectivity index (χ2v) is 8.80. The number of ether oxygens (including phenoxy) is 1. The number of aryl methyl sites for hydroxylation is 2. The second-order valence-electron chi connectivity index (χ2n) is 7.32. The molecule has 2 saturated heterocycles. The molecule has 2 aromatic heterocycles. The summed E-state index contributed by atoms with van der Waals surface area (Å²) in [6.07, 6.45) is 1.51. The second kappa shape index (κ2) is 7.06. The summed E-state index contributed by atoms with van der Waals surface area (Å²) in [5.74, 6) is 1.10. The van der Waals surface area contributed by atoms with Gasteiger partial charge in [0.1, 0.15) is 0 Å². The van der Waals surface area contributed by atoms with Crippen molar-refractivity contribution in [2.24, 2.45) is 0 Å². The van der Waals surface area contributed by atoms with Gasteiger partial charge in [0.15, 0.2) is 0 Å². The number of thioether (sulfide) groups is 1. The summed E-state index contributed by atoms with van der Waals surface area (Å²) >= 11 is 2.09. The Morgan fingerprint density at radius 3 is 2.48 bits per heavy atom. The van der Waals surface area contributed by atoms with Crippen LogP contribution < -0.4 is 0 Å².